The summed E-state index contributed by atoms with van der Waals surface area (Å²) in [6.07, 6.45) is 6.35. The minimum Gasteiger partial charge on any atom is -0.379 e. The van der Waals surface area contributed by atoms with Crippen LogP contribution in [0.25, 0.3) is 0 Å². The lowest BCUT2D eigenvalue weighted by molar-refractivity contribution is 0.0730. The Morgan fingerprint density at radius 3 is 2.58 bits per heavy atom. The molecular formula is C13H25N2O3S. The first-order valence-corrected chi connectivity index (χ1v) is 8.89. The van der Waals surface area contributed by atoms with Crippen molar-refractivity contribution in [3.63, 3.8) is 0 Å². The summed E-state index contributed by atoms with van der Waals surface area (Å²) in [6, 6.07) is 0. The molecule has 0 atom stereocenters. The van der Waals surface area contributed by atoms with Gasteiger partial charge >= 0.3 is 0 Å². The molecule has 2 saturated heterocycles. The highest BCUT2D eigenvalue weighted by Gasteiger charge is 2.23. The number of morpholine rings is 1. The lowest BCUT2D eigenvalue weighted by Crippen LogP contribution is -2.41. The van der Waals surface area contributed by atoms with Gasteiger partial charge in [0.15, 0.2) is 0 Å². The monoisotopic (exact) mass is 289 g/mol. The van der Waals surface area contributed by atoms with Crippen molar-refractivity contribution < 1.29 is 13.2 Å². The summed E-state index contributed by atoms with van der Waals surface area (Å²) < 4.78 is 30.9. The Morgan fingerprint density at radius 2 is 1.89 bits per heavy atom. The van der Waals surface area contributed by atoms with E-state index in [1.165, 1.54) is 12.8 Å². The van der Waals surface area contributed by atoms with E-state index in [1.54, 1.807) is 4.31 Å². The molecular weight excluding hydrogens is 264 g/mol. The number of rotatable bonds is 6. The van der Waals surface area contributed by atoms with Gasteiger partial charge in [0.25, 0.3) is 0 Å². The van der Waals surface area contributed by atoms with Gasteiger partial charge in [0.05, 0.1) is 19.0 Å². The van der Waals surface area contributed by atoms with Crippen LogP contribution in [0.1, 0.15) is 25.7 Å². The average Bonchev–Trinajstić information content (AvgIpc) is 2.46. The zero-order valence-electron chi connectivity index (χ0n) is 11.5. The van der Waals surface area contributed by atoms with Crippen LogP contribution in [0.3, 0.4) is 0 Å². The quantitative estimate of drug-likeness (QED) is 0.729. The summed E-state index contributed by atoms with van der Waals surface area (Å²) >= 11 is 0. The van der Waals surface area contributed by atoms with Crippen molar-refractivity contribution in [1.29, 1.82) is 0 Å². The number of hydrogen-bond donors (Lipinski definition) is 1. The molecule has 2 heterocycles. The van der Waals surface area contributed by atoms with Crippen LogP contribution in [0.2, 0.25) is 0 Å². The lowest BCUT2D eigenvalue weighted by atomic mass is 9.93. The number of nitrogens with one attached hydrogen (secondary N) is 1. The fourth-order valence-corrected chi connectivity index (χ4v) is 4.15. The van der Waals surface area contributed by atoms with Crippen LogP contribution in [0.5, 0.6) is 0 Å². The third-order valence-corrected chi connectivity index (χ3v) is 5.81. The molecule has 19 heavy (non-hydrogen) atoms. The van der Waals surface area contributed by atoms with Gasteiger partial charge in [-0.3, -0.25) is 0 Å². The number of piperidine rings is 1. The number of hydrogen-bond acceptors (Lipinski definition) is 4. The van der Waals surface area contributed by atoms with Gasteiger partial charge in [-0.15, -0.1) is 0 Å². The number of unbranched alkanes of at least 4 members (excludes halogenated alkanes) is 1. The fraction of sp³-hybridized carbons (Fsp3) is 0.923. The first-order valence-electron chi connectivity index (χ1n) is 7.28. The van der Waals surface area contributed by atoms with Gasteiger partial charge in [-0.1, -0.05) is 0 Å². The van der Waals surface area contributed by atoms with Gasteiger partial charge in [-0.05, 0) is 51.1 Å². The van der Waals surface area contributed by atoms with Crippen molar-refractivity contribution in [1.82, 2.24) is 9.62 Å². The molecule has 0 unspecified atom stereocenters. The smallest absolute Gasteiger partial charge is 0.214 e. The second-order valence-electron chi connectivity index (χ2n) is 5.29. The summed E-state index contributed by atoms with van der Waals surface area (Å²) in [4.78, 5) is 0. The zero-order valence-corrected chi connectivity index (χ0v) is 12.3. The van der Waals surface area contributed by atoms with Crippen molar-refractivity contribution >= 4 is 10.0 Å². The Morgan fingerprint density at radius 1 is 1.21 bits per heavy atom. The zero-order chi connectivity index (χ0) is 13.6. The number of sulfonamides is 1. The van der Waals surface area contributed by atoms with E-state index in [0.717, 1.165) is 25.9 Å². The van der Waals surface area contributed by atoms with Gasteiger partial charge in [-0.2, -0.15) is 4.31 Å². The standard InChI is InChI=1S/C13H25N2O3S/c16-19(17,15-8-10-18-11-9-15)12-2-1-3-13-4-6-14-7-5-13/h3,13-14H,1-2,4-12H2. The third-order valence-electron chi connectivity index (χ3n) is 3.85. The van der Waals surface area contributed by atoms with Crippen LogP contribution in [0.4, 0.5) is 0 Å². The maximum Gasteiger partial charge on any atom is 0.214 e. The van der Waals surface area contributed by atoms with Crippen LogP contribution in [-0.2, 0) is 14.8 Å². The van der Waals surface area contributed by atoms with E-state index in [1.807, 2.05) is 0 Å². The molecule has 0 amide bonds. The Hall–Kier alpha value is -0.170. The third kappa shape index (κ3) is 5.02. The minimum atomic E-state index is -3.07. The summed E-state index contributed by atoms with van der Waals surface area (Å²) in [6.45, 7) is 4.27. The first-order chi connectivity index (χ1) is 9.18. The van der Waals surface area contributed by atoms with Crippen molar-refractivity contribution in [2.75, 3.05) is 45.1 Å². The van der Waals surface area contributed by atoms with Crippen molar-refractivity contribution in [2.45, 2.75) is 25.7 Å². The van der Waals surface area contributed by atoms with Gasteiger partial charge in [0, 0.05) is 13.1 Å². The van der Waals surface area contributed by atoms with Crippen molar-refractivity contribution in [3.05, 3.63) is 6.42 Å². The number of ether oxygens (including phenoxy) is 1. The molecule has 0 bridgehead atoms. The van der Waals surface area contributed by atoms with E-state index < -0.39 is 10.0 Å². The van der Waals surface area contributed by atoms with Crippen molar-refractivity contribution in [3.8, 4) is 0 Å². The second kappa shape index (κ2) is 7.57. The highest BCUT2D eigenvalue weighted by atomic mass is 32.2. The van der Waals surface area contributed by atoms with Gasteiger partial charge in [-0.25, -0.2) is 8.42 Å². The normalized spacial score (nSPS) is 23.6. The Balaban J connectivity index is 1.63. The Bertz CT molecular complexity index is 347. The molecule has 6 heteroatoms. The molecule has 5 nitrogen and oxygen atoms in total. The highest BCUT2D eigenvalue weighted by Crippen LogP contribution is 2.18. The molecule has 0 aromatic rings. The summed E-state index contributed by atoms with van der Waals surface area (Å²) in [5, 5.41) is 3.34. The molecule has 0 saturated carbocycles. The van der Waals surface area contributed by atoms with E-state index in [9.17, 15) is 8.42 Å². The van der Waals surface area contributed by atoms with E-state index in [0.29, 0.717) is 32.2 Å². The van der Waals surface area contributed by atoms with Crippen LogP contribution >= 0.6 is 0 Å². The predicted molar refractivity (Wildman–Crippen MR) is 75.3 cm³/mol. The van der Waals surface area contributed by atoms with Crippen LogP contribution in [-0.4, -0.2) is 57.9 Å². The SMILES string of the molecule is O=S(=O)(CCC[CH]C1CCNCC1)N1CCOCC1. The van der Waals surface area contributed by atoms with Crippen LogP contribution in [0.15, 0.2) is 0 Å². The molecule has 1 N–H and O–H groups in total. The first kappa shape index (κ1) is 15.2. The summed E-state index contributed by atoms with van der Waals surface area (Å²) in [5.41, 5.74) is 0. The van der Waals surface area contributed by atoms with E-state index in [-0.39, 0.29) is 5.75 Å². The summed E-state index contributed by atoms with van der Waals surface area (Å²) in [5.74, 6) is 0.946. The fourth-order valence-electron chi connectivity index (χ4n) is 2.65. The van der Waals surface area contributed by atoms with Crippen LogP contribution in [0, 0.1) is 12.3 Å². The average molecular weight is 289 g/mol. The maximum absolute atomic E-state index is 12.1. The Kier molecular flexibility index (Phi) is 6.06. The predicted octanol–water partition coefficient (Wildman–Crippen LogP) is 0.632. The molecule has 0 aliphatic carbocycles. The molecule has 2 rings (SSSR count). The molecule has 1 radical (unpaired) electrons. The largest absolute Gasteiger partial charge is 0.379 e. The van der Waals surface area contributed by atoms with Crippen LogP contribution < -0.4 is 5.32 Å². The van der Waals surface area contributed by atoms with E-state index in [4.69, 9.17) is 4.74 Å². The summed E-state index contributed by atoms with van der Waals surface area (Å²) in [7, 11) is -3.07. The molecule has 0 spiro atoms. The second-order valence-corrected chi connectivity index (χ2v) is 7.38. The topological polar surface area (TPSA) is 58.6 Å². The van der Waals surface area contributed by atoms with Gasteiger partial charge in [0.1, 0.15) is 0 Å². The van der Waals surface area contributed by atoms with E-state index in [2.05, 4.69) is 11.7 Å². The molecule has 111 valence electrons. The minimum absolute atomic E-state index is 0.272. The van der Waals surface area contributed by atoms with E-state index >= 15 is 0 Å². The molecule has 0 aromatic carbocycles. The Labute approximate surface area is 116 Å². The van der Waals surface area contributed by atoms with Crippen molar-refractivity contribution in [2.24, 2.45) is 5.92 Å². The molecule has 2 aliphatic heterocycles. The van der Waals surface area contributed by atoms with Gasteiger partial charge < -0.3 is 10.1 Å². The number of nitrogens with zero attached hydrogens (tertiary/aromatic N) is 1. The van der Waals surface area contributed by atoms with Gasteiger partial charge in [0.2, 0.25) is 10.0 Å². The molecule has 0 aromatic heterocycles. The molecule has 2 fully saturated rings. The highest BCUT2D eigenvalue weighted by molar-refractivity contribution is 7.89. The molecule has 2 aliphatic rings. The maximum atomic E-state index is 12.1. The lowest BCUT2D eigenvalue weighted by Gasteiger charge is -2.26.